The number of aromatic hydroxyl groups is 1. The fourth-order valence-electron chi connectivity index (χ4n) is 5.62. The Morgan fingerprint density at radius 1 is 0.564 bits per heavy atom. The molecular formula is C34H59FO4. The zero-order valence-electron chi connectivity index (χ0n) is 25.6. The summed E-state index contributed by atoms with van der Waals surface area (Å²) in [5.74, 6) is -1.48. The van der Waals surface area contributed by atoms with E-state index in [9.17, 15) is 15.0 Å². The van der Waals surface area contributed by atoms with E-state index in [0.717, 1.165) is 63.4 Å². The molecule has 0 amide bonds. The molecule has 2 N–H and O–H groups in total. The van der Waals surface area contributed by atoms with Crippen LogP contribution >= 0.6 is 0 Å². The van der Waals surface area contributed by atoms with Crippen molar-refractivity contribution < 1.29 is 24.1 Å². The van der Waals surface area contributed by atoms with Crippen molar-refractivity contribution in [2.24, 2.45) is 0 Å². The molecule has 0 spiro atoms. The van der Waals surface area contributed by atoms with Crippen LogP contribution in [0, 0.1) is 5.82 Å². The Bertz CT molecular complexity index is 732. The number of unbranched alkanes of at least 4 members (excludes halogenated alkanes) is 18. The average molecular weight is 551 g/mol. The van der Waals surface area contributed by atoms with Gasteiger partial charge in [-0.05, 0) is 49.7 Å². The van der Waals surface area contributed by atoms with E-state index in [2.05, 4.69) is 20.8 Å². The van der Waals surface area contributed by atoms with Crippen molar-refractivity contribution in [2.75, 3.05) is 0 Å². The third-order valence-corrected chi connectivity index (χ3v) is 7.97. The van der Waals surface area contributed by atoms with Gasteiger partial charge in [-0.3, -0.25) is 0 Å². The lowest BCUT2D eigenvalue weighted by atomic mass is 9.88. The predicted molar refractivity (Wildman–Crippen MR) is 162 cm³/mol. The first-order chi connectivity index (χ1) is 19.0. The molecule has 0 aliphatic rings. The van der Waals surface area contributed by atoms with E-state index in [0.29, 0.717) is 24.0 Å². The molecule has 0 aliphatic carbocycles. The molecule has 1 aromatic rings. The van der Waals surface area contributed by atoms with Gasteiger partial charge in [0.1, 0.15) is 0 Å². The standard InChI is InChI=1S/C34H59FO4/c1-4-7-10-13-16-19-22-25-28-29(26-23-20-17-14-11-8-5-2)31(35)33(39-34(37)38)32(36)30(28)27-24-21-18-15-12-9-6-3/h36H,4-27H2,1-3H3,(H,37,38). The highest BCUT2D eigenvalue weighted by atomic mass is 19.1. The molecule has 0 unspecified atom stereocenters. The van der Waals surface area contributed by atoms with E-state index in [1.54, 1.807) is 0 Å². The minimum atomic E-state index is -1.59. The van der Waals surface area contributed by atoms with E-state index < -0.39 is 17.7 Å². The van der Waals surface area contributed by atoms with E-state index in [4.69, 9.17) is 4.74 Å². The second-order valence-electron chi connectivity index (χ2n) is 11.4. The van der Waals surface area contributed by atoms with Crippen LogP contribution in [0.1, 0.15) is 172 Å². The smallest absolute Gasteiger partial charge is 0.504 e. The normalized spacial score (nSPS) is 11.3. The Kier molecular flexibility index (Phi) is 20.8. The Hall–Kier alpha value is -1.78. The third-order valence-electron chi connectivity index (χ3n) is 7.97. The number of carboxylic acid groups (broad SMARTS) is 1. The van der Waals surface area contributed by atoms with Crippen molar-refractivity contribution in [3.8, 4) is 11.5 Å². The molecular weight excluding hydrogens is 491 g/mol. The summed E-state index contributed by atoms with van der Waals surface area (Å²) in [6.45, 7) is 6.64. The predicted octanol–water partition coefficient (Wildman–Crippen LogP) is 11.5. The van der Waals surface area contributed by atoms with E-state index in [-0.39, 0.29) is 5.75 Å². The molecule has 0 saturated carbocycles. The number of hydrogen-bond donors (Lipinski definition) is 2. The summed E-state index contributed by atoms with van der Waals surface area (Å²) in [7, 11) is 0. The monoisotopic (exact) mass is 550 g/mol. The lowest BCUT2D eigenvalue weighted by molar-refractivity contribution is 0.140. The summed E-state index contributed by atoms with van der Waals surface area (Å²) in [5, 5.41) is 20.3. The lowest BCUT2D eigenvalue weighted by Gasteiger charge is -2.20. The van der Waals surface area contributed by atoms with E-state index >= 15 is 4.39 Å². The first kappa shape index (κ1) is 35.2. The second-order valence-corrected chi connectivity index (χ2v) is 11.4. The Morgan fingerprint density at radius 3 is 1.28 bits per heavy atom. The summed E-state index contributed by atoms with van der Waals surface area (Å²) in [4.78, 5) is 11.4. The summed E-state index contributed by atoms with van der Waals surface area (Å²) in [6, 6.07) is 0. The first-order valence-electron chi connectivity index (χ1n) is 16.4. The quantitative estimate of drug-likeness (QED) is 0.0721. The van der Waals surface area contributed by atoms with Gasteiger partial charge in [0.15, 0.2) is 11.6 Å². The van der Waals surface area contributed by atoms with Crippen LogP contribution in [0.15, 0.2) is 0 Å². The van der Waals surface area contributed by atoms with Crippen LogP contribution in [0.25, 0.3) is 0 Å². The fraction of sp³-hybridized carbons (Fsp3) is 0.794. The molecule has 0 bridgehead atoms. The van der Waals surface area contributed by atoms with Gasteiger partial charge in [-0.25, -0.2) is 9.18 Å². The Balaban J connectivity index is 3.06. The SMILES string of the molecule is CCCCCCCCCc1c(O)c(OC(=O)O)c(F)c(CCCCCCCCC)c1CCCCCCCCC. The largest absolute Gasteiger partial charge is 0.511 e. The average Bonchev–Trinajstić information content (AvgIpc) is 2.91. The van der Waals surface area contributed by atoms with Gasteiger partial charge in [0.2, 0.25) is 5.75 Å². The van der Waals surface area contributed by atoms with Gasteiger partial charge in [0.05, 0.1) is 0 Å². The number of halogens is 1. The molecule has 0 fully saturated rings. The molecule has 39 heavy (non-hydrogen) atoms. The topological polar surface area (TPSA) is 66.8 Å². The number of phenols is 1. The van der Waals surface area contributed by atoms with Gasteiger partial charge < -0.3 is 14.9 Å². The van der Waals surface area contributed by atoms with Crippen molar-refractivity contribution in [1.82, 2.24) is 0 Å². The van der Waals surface area contributed by atoms with Crippen LogP contribution in [0.5, 0.6) is 11.5 Å². The zero-order valence-corrected chi connectivity index (χ0v) is 25.6. The van der Waals surface area contributed by atoms with Crippen molar-refractivity contribution in [3.05, 3.63) is 22.5 Å². The van der Waals surface area contributed by atoms with Crippen molar-refractivity contribution in [2.45, 2.75) is 175 Å². The molecule has 0 atom stereocenters. The highest BCUT2D eigenvalue weighted by molar-refractivity contribution is 5.65. The maximum Gasteiger partial charge on any atom is 0.511 e. The van der Waals surface area contributed by atoms with Gasteiger partial charge >= 0.3 is 6.16 Å². The molecule has 0 radical (unpaired) electrons. The molecule has 0 saturated heterocycles. The maximum atomic E-state index is 15.7. The van der Waals surface area contributed by atoms with Crippen LogP contribution < -0.4 is 4.74 Å². The first-order valence-corrected chi connectivity index (χ1v) is 16.4. The van der Waals surface area contributed by atoms with Crippen LogP contribution in [0.3, 0.4) is 0 Å². The second kappa shape index (κ2) is 23.0. The number of hydrogen-bond acceptors (Lipinski definition) is 3. The molecule has 1 aromatic carbocycles. The van der Waals surface area contributed by atoms with Crippen LogP contribution in [0.2, 0.25) is 0 Å². The van der Waals surface area contributed by atoms with Crippen LogP contribution in [0.4, 0.5) is 9.18 Å². The molecule has 0 aliphatic heterocycles. The summed E-state index contributed by atoms with van der Waals surface area (Å²) in [5.41, 5.74) is 2.19. The molecule has 0 aromatic heterocycles. The summed E-state index contributed by atoms with van der Waals surface area (Å²) in [6.07, 6.45) is 24.6. The highest BCUT2D eigenvalue weighted by Gasteiger charge is 2.26. The van der Waals surface area contributed by atoms with Crippen molar-refractivity contribution >= 4 is 6.16 Å². The zero-order chi connectivity index (χ0) is 28.7. The van der Waals surface area contributed by atoms with Crippen molar-refractivity contribution in [3.63, 3.8) is 0 Å². The van der Waals surface area contributed by atoms with E-state index in [1.165, 1.54) is 83.5 Å². The van der Waals surface area contributed by atoms with E-state index in [1.807, 2.05) is 0 Å². The molecule has 0 heterocycles. The van der Waals surface area contributed by atoms with Gasteiger partial charge in [0, 0.05) is 5.56 Å². The molecule has 226 valence electrons. The van der Waals surface area contributed by atoms with Crippen LogP contribution in [-0.2, 0) is 19.3 Å². The number of ether oxygens (including phenoxy) is 1. The maximum absolute atomic E-state index is 15.7. The highest BCUT2D eigenvalue weighted by Crippen LogP contribution is 2.41. The number of carbonyl (C=O) groups is 1. The number of rotatable bonds is 25. The number of benzene rings is 1. The fourth-order valence-corrected chi connectivity index (χ4v) is 5.62. The number of phenolic OH excluding ortho intramolecular Hbond substituents is 1. The minimum absolute atomic E-state index is 0.304. The Morgan fingerprint density at radius 2 is 0.897 bits per heavy atom. The molecule has 1 rings (SSSR count). The van der Waals surface area contributed by atoms with Gasteiger partial charge in [-0.1, -0.05) is 136 Å². The summed E-state index contributed by atoms with van der Waals surface area (Å²) < 4.78 is 20.6. The lowest BCUT2D eigenvalue weighted by Crippen LogP contribution is -2.11. The van der Waals surface area contributed by atoms with Crippen LogP contribution in [-0.4, -0.2) is 16.4 Å². The van der Waals surface area contributed by atoms with Gasteiger partial charge in [-0.15, -0.1) is 0 Å². The summed E-state index contributed by atoms with van der Waals surface area (Å²) >= 11 is 0. The van der Waals surface area contributed by atoms with Gasteiger partial charge in [-0.2, -0.15) is 0 Å². The minimum Gasteiger partial charge on any atom is -0.504 e. The Labute approximate surface area is 239 Å². The van der Waals surface area contributed by atoms with Gasteiger partial charge in [0.25, 0.3) is 0 Å². The van der Waals surface area contributed by atoms with Crippen molar-refractivity contribution in [1.29, 1.82) is 0 Å². The molecule has 4 nitrogen and oxygen atoms in total. The third kappa shape index (κ3) is 15.0. The molecule has 5 heteroatoms.